The topological polar surface area (TPSA) is 75.4 Å². The third-order valence-corrected chi connectivity index (χ3v) is 4.39. The van der Waals surface area contributed by atoms with Crippen molar-refractivity contribution in [2.24, 2.45) is 17.6 Å². The van der Waals surface area contributed by atoms with Crippen LogP contribution in [-0.4, -0.2) is 42.4 Å². The van der Waals surface area contributed by atoms with Crippen LogP contribution in [-0.2, 0) is 9.59 Å². The molecule has 1 aliphatic carbocycles. The van der Waals surface area contributed by atoms with Crippen LogP contribution in [0.1, 0.15) is 46.5 Å². The average Bonchev–Trinajstić information content (AvgIpc) is 2.43. The molecule has 5 heteroatoms. The second-order valence-electron chi connectivity index (χ2n) is 5.70. The zero-order valence-electron chi connectivity index (χ0n) is 13.0. The largest absolute Gasteiger partial charge is 0.355 e. The number of rotatable bonds is 6. The normalized spacial score (nSPS) is 26.1. The summed E-state index contributed by atoms with van der Waals surface area (Å²) in [5.74, 6) is 0.409. The van der Waals surface area contributed by atoms with E-state index in [1.807, 2.05) is 13.8 Å². The first-order valence-corrected chi connectivity index (χ1v) is 7.82. The van der Waals surface area contributed by atoms with Gasteiger partial charge in [-0.25, -0.2) is 0 Å². The number of hydrogen-bond acceptors (Lipinski definition) is 3. The standard InChI is InChI=1S/C15H29N3O2/c1-4-18(5-2)13(19)9-10-17-15(20)12-8-6-7-11(3)14(12)16/h11-12,14H,4-10,16H2,1-3H3,(H,17,20). The molecule has 2 amide bonds. The van der Waals surface area contributed by atoms with Crippen molar-refractivity contribution in [3.05, 3.63) is 0 Å². The van der Waals surface area contributed by atoms with Crippen LogP contribution in [0.15, 0.2) is 0 Å². The molecule has 116 valence electrons. The zero-order valence-corrected chi connectivity index (χ0v) is 13.0. The lowest BCUT2D eigenvalue weighted by molar-refractivity contribution is -0.131. The van der Waals surface area contributed by atoms with Crippen molar-refractivity contribution in [2.75, 3.05) is 19.6 Å². The minimum absolute atomic E-state index is 0.0106. The van der Waals surface area contributed by atoms with Crippen LogP contribution in [0.3, 0.4) is 0 Å². The molecule has 0 aromatic rings. The number of nitrogens with zero attached hydrogens (tertiary/aromatic N) is 1. The van der Waals surface area contributed by atoms with Crippen molar-refractivity contribution in [3.8, 4) is 0 Å². The van der Waals surface area contributed by atoms with Crippen molar-refractivity contribution in [1.82, 2.24) is 10.2 Å². The molecule has 0 radical (unpaired) electrons. The molecule has 1 fully saturated rings. The summed E-state index contributed by atoms with van der Waals surface area (Å²) in [4.78, 5) is 25.7. The van der Waals surface area contributed by atoms with Crippen LogP contribution in [0.2, 0.25) is 0 Å². The Balaban J connectivity index is 2.34. The second kappa shape index (κ2) is 8.25. The minimum Gasteiger partial charge on any atom is -0.355 e. The molecular weight excluding hydrogens is 254 g/mol. The summed E-state index contributed by atoms with van der Waals surface area (Å²) in [5, 5.41) is 2.87. The van der Waals surface area contributed by atoms with E-state index in [2.05, 4.69) is 12.2 Å². The number of hydrogen-bond donors (Lipinski definition) is 2. The van der Waals surface area contributed by atoms with E-state index in [1.54, 1.807) is 4.90 Å². The third-order valence-electron chi connectivity index (χ3n) is 4.39. The summed E-state index contributed by atoms with van der Waals surface area (Å²) >= 11 is 0. The number of carbonyl (C=O) groups is 2. The van der Waals surface area contributed by atoms with E-state index in [-0.39, 0.29) is 23.8 Å². The number of nitrogens with one attached hydrogen (secondary N) is 1. The van der Waals surface area contributed by atoms with Gasteiger partial charge in [0.25, 0.3) is 0 Å². The monoisotopic (exact) mass is 283 g/mol. The molecule has 3 N–H and O–H groups in total. The van der Waals surface area contributed by atoms with E-state index in [4.69, 9.17) is 5.73 Å². The number of carbonyl (C=O) groups excluding carboxylic acids is 2. The zero-order chi connectivity index (χ0) is 15.1. The average molecular weight is 283 g/mol. The molecule has 0 bridgehead atoms. The molecule has 1 rings (SSSR count). The predicted octanol–water partition coefficient (Wildman–Crippen LogP) is 1.12. The Morgan fingerprint density at radius 1 is 1.25 bits per heavy atom. The van der Waals surface area contributed by atoms with Crippen molar-refractivity contribution in [3.63, 3.8) is 0 Å². The highest BCUT2D eigenvalue weighted by Gasteiger charge is 2.32. The third kappa shape index (κ3) is 4.47. The van der Waals surface area contributed by atoms with Gasteiger partial charge in [-0.3, -0.25) is 9.59 Å². The molecule has 1 saturated carbocycles. The summed E-state index contributed by atoms with van der Waals surface area (Å²) in [5.41, 5.74) is 6.11. The van der Waals surface area contributed by atoms with Gasteiger partial charge >= 0.3 is 0 Å². The Hall–Kier alpha value is -1.10. The van der Waals surface area contributed by atoms with Gasteiger partial charge in [0.2, 0.25) is 11.8 Å². The van der Waals surface area contributed by atoms with Gasteiger partial charge in [-0.1, -0.05) is 13.3 Å². The van der Waals surface area contributed by atoms with E-state index < -0.39 is 0 Å². The first kappa shape index (κ1) is 17.0. The highest BCUT2D eigenvalue weighted by Crippen LogP contribution is 2.27. The Bertz CT molecular complexity index is 329. The van der Waals surface area contributed by atoms with E-state index in [0.717, 1.165) is 19.3 Å². The SMILES string of the molecule is CCN(CC)C(=O)CCNC(=O)C1CCCC(C)C1N. The smallest absolute Gasteiger partial charge is 0.224 e. The Morgan fingerprint density at radius 3 is 2.50 bits per heavy atom. The van der Waals surface area contributed by atoms with Crippen LogP contribution in [0, 0.1) is 11.8 Å². The first-order valence-electron chi connectivity index (χ1n) is 7.82. The van der Waals surface area contributed by atoms with Crippen LogP contribution in [0.4, 0.5) is 0 Å². The van der Waals surface area contributed by atoms with Gasteiger partial charge in [-0.05, 0) is 32.6 Å². The van der Waals surface area contributed by atoms with Crippen LogP contribution in [0.5, 0.6) is 0 Å². The lowest BCUT2D eigenvalue weighted by Crippen LogP contribution is -2.48. The number of amides is 2. The molecule has 20 heavy (non-hydrogen) atoms. The van der Waals surface area contributed by atoms with Crippen molar-refractivity contribution in [2.45, 2.75) is 52.5 Å². The molecule has 0 aromatic heterocycles. The predicted molar refractivity (Wildman–Crippen MR) is 80.0 cm³/mol. The molecule has 0 aliphatic heterocycles. The minimum atomic E-state index is -0.0951. The summed E-state index contributed by atoms with van der Waals surface area (Å²) in [6, 6.07) is -0.0535. The fourth-order valence-electron chi connectivity index (χ4n) is 2.91. The van der Waals surface area contributed by atoms with Gasteiger partial charge < -0.3 is 16.0 Å². The van der Waals surface area contributed by atoms with Gasteiger partial charge in [-0.15, -0.1) is 0 Å². The van der Waals surface area contributed by atoms with Gasteiger partial charge in [0.15, 0.2) is 0 Å². The summed E-state index contributed by atoms with van der Waals surface area (Å²) in [7, 11) is 0. The fraction of sp³-hybridized carbons (Fsp3) is 0.867. The molecule has 0 aromatic carbocycles. The maximum absolute atomic E-state index is 12.1. The molecule has 3 unspecified atom stereocenters. The molecule has 0 spiro atoms. The van der Waals surface area contributed by atoms with E-state index in [1.165, 1.54) is 0 Å². The summed E-state index contributed by atoms with van der Waals surface area (Å²) < 4.78 is 0. The molecule has 0 heterocycles. The highest BCUT2D eigenvalue weighted by molar-refractivity contribution is 5.81. The lowest BCUT2D eigenvalue weighted by atomic mass is 9.78. The quantitative estimate of drug-likeness (QED) is 0.767. The lowest BCUT2D eigenvalue weighted by Gasteiger charge is -2.32. The molecule has 5 nitrogen and oxygen atoms in total. The van der Waals surface area contributed by atoms with Crippen molar-refractivity contribution in [1.29, 1.82) is 0 Å². The fourth-order valence-corrected chi connectivity index (χ4v) is 2.91. The first-order chi connectivity index (χ1) is 9.51. The van der Waals surface area contributed by atoms with E-state index in [9.17, 15) is 9.59 Å². The second-order valence-corrected chi connectivity index (χ2v) is 5.70. The molecule has 0 saturated heterocycles. The van der Waals surface area contributed by atoms with E-state index >= 15 is 0 Å². The van der Waals surface area contributed by atoms with Crippen LogP contribution in [0.25, 0.3) is 0 Å². The summed E-state index contributed by atoms with van der Waals surface area (Å²) in [6.07, 6.45) is 3.39. The van der Waals surface area contributed by atoms with Crippen molar-refractivity contribution >= 4 is 11.8 Å². The summed E-state index contributed by atoms with van der Waals surface area (Å²) in [6.45, 7) is 7.87. The van der Waals surface area contributed by atoms with Gasteiger partial charge in [0.05, 0.1) is 5.92 Å². The highest BCUT2D eigenvalue weighted by atomic mass is 16.2. The Kier molecular flexibility index (Phi) is 6.99. The Labute approximate surface area is 122 Å². The maximum Gasteiger partial charge on any atom is 0.224 e. The van der Waals surface area contributed by atoms with Gasteiger partial charge in [0.1, 0.15) is 0 Å². The van der Waals surface area contributed by atoms with Gasteiger partial charge in [-0.2, -0.15) is 0 Å². The van der Waals surface area contributed by atoms with Crippen LogP contribution >= 0.6 is 0 Å². The molecule has 1 aliphatic rings. The number of nitrogens with two attached hydrogens (primary N) is 1. The van der Waals surface area contributed by atoms with Crippen LogP contribution < -0.4 is 11.1 Å². The Morgan fingerprint density at radius 2 is 1.90 bits per heavy atom. The van der Waals surface area contributed by atoms with E-state index in [0.29, 0.717) is 32.0 Å². The maximum atomic E-state index is 12.1. The molecular formula is C15H29N3O2. The van der Waals surface area contributed by atoms with Crippen molar-refractivity contribution < 1.29 is 9.59 Å². The van der Waals surface area contributed by atoms with Gasteiger partial charge in [0, 0.05) is 32.1 Å². The molecule has 3 atom stereocenters.